The van der Waals surface area contributed by atoms with E-state index in [-0.39, 0.29) is 12.5 Å². The minimum atomic E-state index is -0.396. The van der Waals surface area contributed by atoms with E-state index in [1.54, 1.807) is 0 Å². The summed E-state index contributed by atoms with van der Waals surface area (Å²) in [5.41, 5.74) is 1.88. The van der Waals surface area contributed by atoms with Crippen LogP contribution in [-0.2, 0) is 20.1 Å². The van der Waals surface area contributed by atoms with Crippen LogP contribution in [0, 0.1) is 13.8 Å². The van der Waals surface area contributed by atoms with Crippen LogP contribution in [0.2, 0.25) is 0 Å². The van der Waals surface area contributed by atoms with E-state index in [1.807, 2.05) is 20.8 Å². The van der Waals surface area contributed by atoms with Gasteiger partial charge in [0.2, 0.25) is 5.91 Å². The van der Waals surface area contributed by atoms with Gasteiger partial charge in [-0.15, -0.1) is 11.8 Å². The molecule has 0 aliphatic carbocycles. The van der Waals surface area contributed by atoms with Crippen LogP contribution in [0.25, 0.3) is 0 Å². The number of nitrogens with zero attached hydrogens (tertiary/aromatic N) is 2. The van der Waals surface area contributed by atoms with E-state index < -0.39 is 5.97 Å². The molecule has 0 fully saturated rings. The molecule has 0 aromatic carbocycles. The predicted molar refractivity (Wildman–Crippen MR) is 81.0 cm³/mol. The highest BCUT2D eigenvalue weighted by molar-refractivity contribution is 7.99. The summed E-state index contributed by atoms with van der Waals surface area (Å²) in [5, 5.41) is 3.88. The lowest BCUT2D eigenvalue weighted by Gasteiger charge is -2.20. The summed E-state index contributed by atoms with van der Waals surface area (Å²) in [6.45, 7) is 6.27. The zero-order valence-corrected chi connectivity index (χ0v) is 13.8. The maximum atomic E-state index is 12.1. The molecule has 0 spiro atoms. The first-order valence-corrected chi connectivity index (χ1v) is 7.99. The number of hydrogen-bond acceptors (Lipinski definition) is 6. The van der Waals surface area contributed by atoms with Crippen molar-refractivity contribution in [1.82, 2.24) is 10.1 Å². The van der Waals surface area contributed by atoms with Gasteiger partial charge in [-0.3, -0.25) is 9.59 Å². The molecule has 6 nitrogen and oxygen atoms in total. The molecule has 7 heteroatoms. The Bertz CT molecular complexity index is 468. The molecule has 1 rings (SSSR count). The Morgan fingerprint density at radius 1 is 1.38 bits per heavy atom. The predicted octanol–water partition coefficient (Wildman–Crippen LogP) is 1.94. The SMILES string of the molecule is CCCN(CC(=O)OC)C(=O)CSCc1c(C)noc1C. The normalized spacial score (nSPS) is 10.5. The first kappa shape index (κ1) is 17.6. The molecule has 0 saturated carbocycles. The van der Waals surface area contributed by atoms with E-state index >= 15 is 0 Å². The van der Waals surface area contributed by atoms with E-state index in [0.717, 1.165) is 23.4 Å². The highest BCUT2D eigenvalue weighted by Gasteiger charge is 2.17. The number of carbonyl (C=O) groups is 2. The maximum absolute atomic E-state index is 12.1. The van der Waals surface area contributed by atoms with Crippen LogP contribution in [-0.4, -0.2) is 47.9 Å². The number of methoxy groups -OCH3 is 1. The first-order valence-electron chi connectivity index (χ1n) is 6.83. The lowest BCUT2D eigenvalue weighted by atomic mass is 10.2. The van der Waals surface area contributed by atoms with Crippen molar-refractivity contribution < 1.29 is 18.8 Å². The molecule has 21 heavy (non-hydrogen) atoms. The lowest BCUT2D eigenvalue weighted by Crippen LogP contribution is -2.37. The summed E-state index contributed by atoms with van der Waals surface area (Å²) in [6, 6.07) is 0. The Morgan fingerprint density at radius 2 is 2.10 bits per heavy atom. The van der Waals surface area contributed by atoms with Crippen LogP contribution in [0.4, 0.5) is 0 Å². The van der Waals surface area contributed by atoms with Gasteiger partial charge in [0.05, 0.1) is 18.6 Å². The van der Waals surface area contributed by atoms with Gasteiger partial charge in [0.15, 0.2) is 0 Å². The number of ether oxygens (including phenoxy) is 1. The van der Waals surface area contributed by atoms with Crippen LogP contribution in [0.15, 0.2) is 4.52 Å². The summed E-state index contributed by atoms with van der Waals surface area (Å²) in [6.07, 6.45) is 0.803. The largest absolute Gasteiger partial charge is 0.468 e. The summed E-state index contributed by atoms with van der Waals surface area (Å²) in [4.78, 5) is 25.0. The minimum Gasteiger partial charge on any atom is -0.468 e. The van der Waals surface area contributed by atoms with Crippen LogP contribution in [0.3, 0.4) is 0 Å². The Balaban J connectivity index is 2.48. The summed E-state index contributed by atoms with van der Waals surface area (Å²) in [7, 11) is 1.32. The number of aromatic nitrogens is 1. The monoisotopic (exact) mass is 314 g/mol. The van der Waals surface area contributed by atoms with Crippen molar-refractivity contribution in [2.75, 3.05) is 26.0 Å². The van der Waals surface area contributed by atoms with E-state index in [0.29, 0.717) is 18.1 Å². The van der Waals surface area contributed by atoms with Crippen molar-refractivity contribution in [3.63, 3.8) is 0 Å². The van der Waals surface area contributed by atoms with E-state index in [2.05, 4.69) is 9.89 Å². The summed E-state index contributed by atoms with van der Waals surface area (Å²) < 4.78 is 9.70. The Hall–Kier alpha value is -1.50. The Labute approximate surface area is 129 Å². The van der Waals surface area contributed by atoms with Crippen LogP contribution >= 0.6 is 11.8 Å². The van der Waals surface area contributed by atoms with Gasteiger partial charge in [-0.05, 0) is 20.3 Å². The van der Waals surface area contributed by atoms with Crippen molar-refractivity contribution in [3.8, 4) is 0 Å². The minimum absolute atomic E-state index is 0.00898. The van der Waals surface area contributed by atoms with Gasteiger partial charge in [0.25, 0.3) is 0 Å². The van der Waals surface area contributed by atoms with Crippen molar-refractivity contribution in [1.29, 1.82) is 0 Å². The highest BCUT2D eigenvalue weighted by atomic mass is 32.2. The second-order valence-electron chi connectivity index (χ2n) is 4.69. The van der Waals surface area contributed by atoms with Gasteiger partial charge in [-0.1, -0.05) is 12.1 Å². The second-order valence-corrected chi connectivity index (χ2v) is 5.67. The van der Waals surface area contributed by atoms with Crippen molar-refractivity contribution in [3.05, 3.63) is 17.0 Å². The molecule has 1 aromatic rings. The third kappa shape index (κ3) is 5.41. The molecule has 0 radical (unpaired) electrons. The van der Waals surface area contributed by atoms with Crippen LogP contribution < -0.4 is 0 Å². The second kappa shape index (κ2) is 8.71. The molecular weight excluding hydrogens is 292 g/mol. The van der Waals surface area contributed by atoms with Gasteiger partial charge in [-0.2, -0.15) is 0 Å². The molecule has 0 atom stereocenters. The summed E-state index contributed by atoms with van der Waals surface area (Å²) >= 11 is 1.49. The van der Waals surface area contributed by atoms with Gasteiger partial charge in [-0.25, -0.2) is 0 Å². The number of amides is 1. The molecule has 1 amide bonds. The maximum Gasteiger partial charge on any atom is 0.325 e. The highest BCUT2D eigenvalue weighted by Crippen LogP contribution is 2.19. The molecule has 1 aromatic heterocycles. The number of esters is 1. The number of carbonyl (C=O) groups excluding carboxylic acids is 2. The van der Waals surface area contributed by atoms with Crippen molar-refractivity contribution >= 4 is 23.6 Å². The number of rotatable bonds is 8. The fourth-order valence-corrected chi connectivity index (χ4v) is 2.90. The fraction of sp³-hybridized carbons (Fsp3) is 0.643. The zero-order valence-electron chi connectivity index (χ0n) is 13.0. The molecular formula is C14H22N2O4S. The van der Waals surface area contributed by atoms with E-state index in [4.69, 9.17) is 4.52 Å². The number of thioether (sulfide) groups is 1. The van der Waals surface area contributed by atoms with Gasteiger partial charge >= 0.3 is 5.97 Å². The average molecular weight is 314 g/mol. The van der Waals surface area contributed by atoms with E-state index in [1.165, 1.54) is 23.8 Å². The van der Waals surface area contributed by atoms with Gasteiger partial charge in [0, 0.05) is 17.9 Å². The van der Waals surface area contributed by atoms with Crippen molar-refractivity contribution in [2.45, 2.75) is 32.9 Å². The third-order valence-electron chi connectivity index (χ3n) is 3.05. The van der Waals surface area contributed by atoms with Gasteiger partial charge in [0.1, 0.15) is 12.3 Å². The lowest BCUT2D eigenvalue weighted by molar-refractivity contribution is -0.146. The van der Waals surface area contributed by atoms with Crippen LogP contribution in [0.1, 0.15) is 30.4 Å². The molecule has 0 aliphatic rings. The Kier molecular flexibility index (Phi) is 7.28. The molecule has 0 saturated heterocycles. The fourth-order valence-electron chi connectivity index (χ4n) is 1.82. The molecule has 118 valence electrons. The molecule has 0 unspecified atom stereocenters. The molecule has 0 N–H and O–H groups in total. The summed E-state index contributed by atoms with van der Waals surface area (Å²) in [5.74, 6) is 1.32. The zero-order chi connectivity index (χ0) is 15.8. The third-order valence-corrected chi connectivity index (χ3v) is 3.99. The van der Waals surface area contributed by atoms with Crippen LogP contribution in [0.5, 0.6) is 0 Å². The number of aryl methyl sites for hydroxylation is 2. The molecule has 0 bridgehead atoms. The topological polar surface area (TPSA) is 72.6 Å². The Morgan fingerprint density at radius 3 is 2.62 bits per heavy atom. The average Bonchev–Trinajstić information content (AvgIpc) is 2.78. The molecule has 1 heterocycles. The standard InChI is InChI=1S/C14H22N2O4S/c1-5-6-16(7-14(18)19-4)13(17)9-21-8-12-10(2)15-20-11(12)3/h5-9H2,1-4H3. The quantitative estimate of drug-likeness (QED) is 0.683. The smallest absolute Gasteiger partial charge is 0.325 e. The van der Waals surface area contributed by atoms with Crippen molar-refractivity contribution in [2.24, 2.45) is 0 Å². The van der Waals surface area contributed by atoms with Gasteiger partial charge < -0.3 is 14.2 Å². The first-order chi connectivity index (χ1) is 9.99. The van der Waals surface area contributed by atoms with E-state index in [9.17, 15) is 9.59 Å². The molecule has 0 aliphatic heterocycles. The number of hydrogen-bond donors (Lipinski definition) is 0.